The third-order valence-corrected chi connectivity index (χ3v) is 9.16. The van der Waals surface area contributed by atoms with Gasteiger partial charge in [0, 0.05) is 11.6 Å². The summed E-state index contributed by atoms with van der Waals surface area (Å²) < 4.78 is 28.0. The van der Waals surface area contributed by atoms with E-state index in [-0.39, 0.29) is 17.3 Å². The average molecular weight is 483 g/mol. The van der Waals surface area contributed by atoms with Crippen LogP contribution < -0.4 is 10.6 Å². The Kier molecular flexibility index (Phi) is 6.88. The minimum Gasteiger partial charge on any atom is -0.335 e. The molecule has 0 unspecified atom stereocenters. The molecule has 2 N–H and O–H groups in total. The van der Waals surface area contributed by atoms with Crippen molar-refractivity contribution >= 4 is 27.3 Å². The summed E-state index contributed by atoms with van der Waals surface area (Å²) >= 11 is 6.25. The van der Waals surface area contributed by atoms with E-state index >= 15 is 0 Å². The maximum Gasteiger partial charge on any atom is 0.233 e. The summed E-state index contributed by atoms with van der Waals surface area (Å²) in [6, 6.07) is 23.7. The number of amides is 1. The number of sulfone groups is 1. The van der Waals surface area contributed by atoms with Crippen molar-refractivity contribution in [3.63, 3.8) is 0 Å². The standard InChI is InChI=1S/C26H27ClN2O3S/c1-19-22(27)14-8-15-23(19)33(31,32)26(16-9-17-28-18-26)29-25(30)24(20-10-4-2-5-11-20)21-12-6-3-7-13-21/h2-8,10-15,24,28H,9,16-18H2,1H3,(H,29,30)/t26-/m0/s1. The van der Waals surface area contributed by atoms with E-state index in [1.54, 1.807) is 25.1 Å². The first-order chi connectivity index (χ1) is 15.9. The van der Waals surface area contributed by atoms with Crippen LogP contribution in [0.15, 0.2) is 83.8 Å². The van der Waals surface area contributed by atoms with E-state index in [1.807, 2.05) is 60.7 Å². The predicted molar refractivity (Wildman–Crippen MR) is 131 cm³/mol. The fraction of sp³-hybridized carbons (Fsp3) is 0.269. The normalized spacial score (nSPS) is 18.8. The number of hydrogen-bond acceptors (Lipinski definition) is 4. The molecule has 1 amide bonds. The minimum atomic E-state index is -3.95. The summed E-state index contributed by atoms with van der Waals surface area (Å²) in [6.45, 7) is 2.52. The maximum atomic E-state index is 14.0. The molecule has 3 aromatic carbocycles. The molecule has 1 saturated heterocycles. The molecule has 0 radical (unpaired) electrons. The number of hydrogen-bond donors (Lipinski definition) is 2. The number of piperidine rings is 1. The SMILES string of the molecule is Cc1c(Cl)cccc1S(=O)(=O)[C@@]1(NC(=O)C(c2ccccc2)c2ccccc2)CCCNC1. The zero-order valence-electron chi connectivity index (χ0n) is 18.4. The van der Waals surface area contributed by atoms with Crippen LogP contribution in [0, 0.1) is 6.92 Å². The van der Waals surface area contributed by atoms with Gasteiger partial charge in [0.1, 0.15) is 0 Å². The molecule has 3 aromatic rings. The highest BCUT2D eigenvalue weighted by atomic mass is 35.5. The molecule has 5 nitrogen and oxygen atoms in total. The quantitative estimate of drug-likeness (QED) is 0.544. The fourth-order valence-electron chi connectivity index (χ4n) is 4.45. The highest BCUT2D eigenvalue weighted by molar-refractivity contribution is 7.93. The van der Waals surface area contributed by atoms with Crippen molar-refractivity contribution in [2.45, 2.75) is 35.4 Å². The number of halogens is 1. The third kappa shape index (κ3) is 4.56. The first kappa shape index (κ1) is 23.5. The highest BCUT2D eigenvalue weighted by Gasteiger charge is 2.48. The summed E-state index contributed by atoms with van der Waals surface area (Å²) in [5, 5.41) is 6.55. The molecule has 1 atom stereocenters. The second-order valence-corrected chi connectivity index (χ2v) is 11.0. The first-order valence-electron chi connectivity index (χ1n) is 11.0. The number of nitrogens with one attached hydrogen (secondary N) is 2. The molecule has 172 valence electrons. The van der Waals surface area contributed by atoms with Gasteiger partial charge >= 0.3 is 0 Å². The summed E-state index contributed by atoms with van der Waals surface area (Å²) in [4.78, 5) is 12.5. The topological polar surface area (TPSA) is 75.3 Å². The van der Waals surface area contributed by atoms with Crippen LogP contribution >= 0.6 is 11.6 Å². The van der Waals surface area contributed by atoms with Gasteiger partial charge in [0.2, 0.25) is 15.7 Å². The predicted octanol–water partition coefficient (Wildman–Crippen LogP) is 4.45. The van der Waals surface area contributed by atoms with E-state index in [9.17, 15) is 13.2 Å². The van der Waals surface area contributed by atoms with Gasteiger partial charge in [0.05, 0.1) is 10.8 Å². The van der Waals surface area contributed by atoms with Gasteiger partial charge < -0.3 is 10.6 Å². The Morgan fingerprint density at radius 1 is 0.970 bits per heavy atom. The monoisotopic (exact) mass is 482 g/mol. The van der Waals surface area contributed by atoms with Crippen LogP contribution in [-0.2, 0) is 14.6 Å². The van der Waals surface area contributed by atoms with Crippen LogP contribution in [0.3, 0.4) is 0 Å². The van der Waals surface area contributed by atoms with Gasteiger partial charge in [0.15, 0.2) is 4.87 Å². The zero-order valence-corrected chi connectivity index (χ0v) is 20.0. The Morgan fingerprint density at radius 3 is 2.12 bits per heavy atom. The van der Waals surface area contributed by atoms with Gasteiger partial charge in [-0.2, -0.15) is 0 Å². The second kappa shape index (κ2) is 9.67. The van der Waals surface area contributed by atoms with Crippen molar-refractivity contribution in [2.75, 3.05) is 13.1 Å². The lowest BCUT2D eigenvalue weighted by atomic mass is 9.90. The molecule has 1 heterocycles. The lowest BCUT2D eigenvalue weighted by Gasteiger charge is -2.39. The van der Waals surface area contributed by atoms with Gasteiger partial charge in [-0.15, -0.1) is 0 Å². The van der Waals surface area contributed by atoms with Crippen LogP contribution in [0.1, 0.15) is 35.4 Å². The van der Waals surface area contributed by atoms with Gasteiger partial charge in [-0.25, -0.2) is 8.42 Å². The Labute approximate surface area is 200 Å². The zero-order chi connectivity index (χ0) is 23.5. The average Bonchev–Trinajstić information content (AvgIpc) is 2.83. The van der Waals surface area contributed by atoms with Gasteiger partial charge in [-0.1, -0.05) is 78.3 Å². The lowest BCUT2D eigenvalue weighted by Crippen LogP contribution is -2.63. The summed E-state index contributed by atoms with van der Waals surface area (Å²) in [6.07, 6.45) is 0.941. The van der Waals surface area contributed by atoms with E-state index < -0.39 is 20.6 Å². The molecule has 0 saturated carbocycles. The van der Waals surface area contributed by atoms with E-state index in [0.717, 1.165) is 11.1 Å². The number of rotatable bonds is 6. The van der Waals surface area contributed by atoms with Crippen LogP contribution in [-0.4, -0.2) is 32.3 Å². The van der Waals surface area contributed by atoms with Crippen molar-refractivity contribution in [1.82, 2.24) is 10.6 Å². The summed E-state index contributed by atoms with van der Waals surface area (Å²) in [5.74, 6) is -0.985. The van der Waals surface area contributed by atoms with Crippen LogP contribution in [0.2, 0.25) is 5.02 Å². The van der Waals surface area contributed by atoms with E-state index in [2.05, 4.69) is 10.6 Å². The molecule has 33 heavy (non-hydrogen) atoms. The van der Waals surface area contributed by atoms with Crippen molar-refractivity contribution in [3.05, 3.63) is 101 Å². The molecular weight excluding hydrogens is 456 g/mol. The molecule has 1 aliphatic heterocycles. The first-order valence-corrected chi connectivity index (χ1v) is 12.8. The van der Waals surface area contributed by atoms with Gasteiger partial charge in [-0.05, 0) is 55.1 Å². The molecule has 1 fully saturated rings. The van der Waals surface area contributed by atoms with E-state index in [0.29, 0.717) is 30.0 Å². The second-order valence-electron chi connectivity index (χ2n) is 8.38. The maximum absolute atomic E-state index is 14.0. The third-order valence-electron chi connectivity index (χ3n) is 6.25. The van der Waals surface area contributed by atoms with E-state index in [4.69, 9.17) is 11.6 Å². The van der Waals surface area contributed by atoms with Crippen LogP contribution in [0.4, 0.5) is 0 Å². The van der Waals surface area contributed by atoms with Gasteiger partial charge in [-0.3, -0.25) is 4.79 Å². The molecule has 7 heteroatoms. The van der Waals surface area contributed by atoms with Crippen LogP contribution in [0.5, 0.6) is 0 Å². The van der Waals surface area contributed by atoms with Crippen molar-refractivity contribution in [1.29, 1.82) is 0 Å². The smallest absolute Gasteiger partial charge is 0.233 e. The number of carbonyl (C=O) groups excluding carboxylic acids is 1. The van der Waals surface area contributed by atoms with Gasteiger partial charge in [0.25, 0.3) is 0 Å². The van der Waals surface area contributed by atoms with Crippen LogP contribution in [0.25, 0.3) is 0 Å². The molecule has 4 rings (SSSR count). The van der Waals surface area contributed by atoms with E-state index in [1.165, 1.54) is 0 Å². The molecule has 0 bridgehead atoms. The number of carbonyl (C=O) groups is 1. The molecule has 0 aromatic heterocycles. The lowest BCUT2D eigenvalue weighted by molar-refractivity contribution is -0.123. The Bertz CT molecular complexity index is 1190. The molecular formula is C26H27ClN2O3S. The Balaban J connectivity index is 1.78. The number of benzene rings is 3. The summed E-state index contributed by atoms with van der Waals surface area (Å²) in [7, 11) is -3.95. The molecule has 0 spiro atoms. The molecule has 0 aliphatic carbocycles. The largest absolute Gasteiger partial charge is 0.335 e. The van der Waals surface area contributed by atoms with Crippen molar-refractivity contribution in [2.24, 2.45) is 0 Å². The molecule has 1 aliphatic rings. The Morgan fingerprint density at radius 2 is 1.58 bits per heavy atom. The van der Waals surface area contributed by atoms with Crippen molar-refractivity contribution < 1.29 is 13.2 Å². The summed E-state index contributed by atoms with van der Waals surface area (Å²) in [5.41, 5.74) is 2.09. The Hall–Kier alpha value is -2.67. The fourth-order valence-corrected chi connectivity index (χ4v) is 6.82. The van der Waals surface area contributed by atoms with Crippen molar-refractivity contribution in [3.8, 4) is 0 Å². The minimum absolute atomic E-state index is 0.128. The highest BCUT2D eigenvalue weighted by Crippen LogP contribution is 2.35.